The summed E-state index contributed by atoms with van der Waals surface area (Å²) >= 11 is 12.4. The number of nitrogens with zero attached hydrogens (tertiary/aromatic N) is 4. The molecule has 0 bridgehead atoms. The Bertz CT molecular complexity index is 1170. The van der Waals surface area contributed by atoms with Crippen molar-refractivity contribution in [3.63, 3.8) is 0 Å². The zero-order valence-corrected chi connectivity index (χ0v) is 21.8. The molecule has 3 aromatic rings. The lowest BCUT2D eigenvalue weighted by atomic mass is 10.0. The van der Waals surface area contributed by atoms with E-state index in [1.807, 2.05) is 60.7 Å². The summed E-state index contributed by atoms with van der Waals surface area (Å²) in [4.78, 5) is 29.0. The minimum atomic E-state index is -0.0811. The molecule has 1 heterocycles. The third-order valence-corrected chi connectivity index (χ3v) is 6.97. The molecule has 4 rings (SSSR count). The van der Waals surface area contributed by atoms with Crippen molar-refractivity contribution in [1.29, 1.82) is 0 Å². The van der Waals surface area contributed by atoms with Gasteiger partial charge in [-0.05, 0) is 53.9 Å². The molecule has 6 nitrogen and oxygen atoms in total. The molecule has 0 radical (unpaired) electrons. The van der Waals surface area contributed by atoms with Crippen molar-refractivity contribution in [2.75, 3.05) is 56.1 Å². The summed E-state index contributed by atoms with van der Waals surface area (Å²) in [6, 6.07) is 23.5. The Morgan fingerprint density at radius 2 is 1.58 bits per heavy atom. The number of amides is 1. The van der Waals surface area contributed by atoms with Crippen LogP contribution in [0.5, 0.6) is 0 Å². The van der Waals surface area contributed by atoms with Crippen molar-refractivity contribution in [3.8, 4) is 0 Å². The van der Waals surface area contributed by atoms with Crippen LogP contribution in [0.1, 0.15) is 11.1 Å². The Labute approximate surface area is 222 Å². The molecule has 0 aliphatic carbocycles. The topological polar surface area (TPSA) is 47.1 Å². The molecule has 0 atom stereocenters. The highest BCUT2D eigenvalue weighted by Crippen LogP contribution is 2.28. The van der Waals surface area contributed by atoms with Gasteiger partial charge in [-0.1, -0.05) is 59.6 Å². The maximum absolute atomic E-state index is 13.3. The maximum Gasteiger partial charge on any atom is 0.256 e. The van der Waals surface area contributed by atoms with E-state index in [2.05, 4.69) is 22.0 Å². The van der Waals surface area contributed by atoms with Crippen LogP contribution in [0.15, 0.2) is 72.8 Å². The number of anilines is 2. The third kappa shape index (κ3) is 6.58. The van der Waals surface area contributed by atoms with Gasteiger partial charge in [-0.2, -0.15) is 0 Å². The second-order valence-electron chi connectivity index (χ2n) is 8.82. The van der Waals surface area contributed by atoms with Crippen molar-refractivity contribution in [2.24, 2.45) is 0 Å². The van der Waals surface area contributed by atoms with Crippen molar-refractivity contribution >= 4 is 46.8 Å². The number of carbonyl (C=O) groups is 2. The number of hydrazine groups is 1. The lowest BCUT2D eigenvalue weighted by Crippen LogP contribution is -2.56. The molecule has 1 aliphatic rings. The van der Waals surface area contributed by atoms with E-state index in [-0.39, 0.29) is 19.0 Å². The van der Waals surface area contributed by atoms with Gasteiger partial charge in [-0.3, -0.25) is 9.80 Å². The highest BCUT2D eigenvalue weighted by Gasteiger charge is 2.25. The molecule has 0 unspecified atom stereocenters. The van der Waals surface area contributed by atoms with Crippen LogP contribution >= 0.6 is 23.2 Å². The number of piperazine rings is 1. The number of aldehydes is 1. The van der Waals surface area contributed by atoms with Crippen molar-refractivity contribution in [1.82, 2.24) is 10.0 Å². The minimum absolute atomic E-state index is 0.0715. The van der Waals surface area contributed by atoms with Crippen LogP contribution in [-0.4, -0.2) is 68.5 Å². The van der Waals surface area contributed by atoms with Crippen LogP contribution in [-0.2, 0) is 16.0 Å². The molecule has 1 saturated heterocycles. The summed E-state index contributed by atoms with van der Waals surface area (Å²) < 4.78 is 0. The number of hydrogen-bond acceptors (Lipinski definition) is 5. The largest absolute Gasteiger partial charge is 0.369 e. The van der Waals surface area contributed by atoms with E-state index in [1.165, 1.54) is 5.69 Å². The normalized spacial score (nSPS) is 13.9. The summed E-state index contributed by atoms with van der Waals surface area (Å²) in [5.74, 6) is -0.0811. The van der Waals surface area contributed by atoms with Gasteiger partial charge in [-0.15, -0.1) is 0 Å². The van der Waals surface area contributed by atoms with Crippen LogP contribution in [0.3, 0.4) is 0 Å². The second-order valence-corrected chi connectivity index (χ2v) is 9.69. The Morgan fingerprint density at radius 3 is 2.25 bits per heavy atom. The van der Waals surface area contributed by atoms with Crippen LogP contribution in [0.25, 0.3) is 0 Å². The van der Waals surface area contributed by atoms with Gasteiger partial charge < -0.3 is 14.6 Å². The number of halogens is 2. The zero-order valence-electron chi connectivity index (χ0n) is 20.3. The molecule has 1 aliphatic heterocycles. The number of rotatable bonds is 9. The quantitative estimate of drug-likeness (QED) is 0.377. The van der Waals surface area contributed by atoms with Crippen molar-refractivity contribution < 1.29 is 9.59 Å². The Hall–Kier alpha value is -3.06. The maximum atomic E-state index is 13.3. The SMILES string of the molecule is CN(C(=O)CN(CC=O)c1cc(Cl)ccc1Cc1ccc(Cl)cc1)N1CCN(c2ccccc2)CC1. The standard InChI is InChI=1S/C28H30Cl2N4O2/c1-31(34-15-13-32(14-16-34)26-5-3-2-4-6-26)28(36)21-33(17-18-35)27-20-25(30)12-9-23(27)19-22-7-10-24(29)11-8-22/h2-12,18,20H,13-17,19,21H2,1H3. The summed E-state index contributed by atoms with van der Waals surface area (Å²) in [7, 11) is 1.80. The van der Waals surface area contributed by atoms with E-state index in [4.69, 9.17) is 23.2 Å². The van der Waals surface area contributed by atoms with E-state index in [0.29, 0.717) is 16.5 Å². The molecule has 3 aromatic carbocycles. The number of carbonyl (C=O) groups excluding carboxylic acids is 2. The predicted molar refractivity (Wildman–Crippen MR) is 147 cm³/mol. The molecule has 1 fully saturated rings. The number of benzene rings is 3. The van der Waals surface area contributed by atoms with Gasteiger partial charge >= 0.3 is 0 Å². The first-order valence-electron chi connectivity index (χ1n) is 12.0. The van der Waals surface area contributed by atoms with E-state index in [1.54, 1.807) is 17.0 Å². The Morgan fingerprint density at radius 1 is 0.917 bits per heavy atom. The molecular formula is C28H30Cl2N4O2. The van der Waals surface area contributed by atoms with Crippen LogP contribution in [0.2, 0.25) is 10.0 Å². The summed E-state index contributed by atoms with van der Waals surface area (Å²) in [5, 5.41) is 4.98. The highest BCUT2D eigenvalue weighted by molar-refractivity contribution is 6.31. The van der Waals surface area contributed by atoms with Gasteiger partial charge in [0.25, 0.3) is 5.91 Å². The fourth-order valence-electron chi connectivity index (χ4n) is 4.46. The van der Waals surface area contributed by atoms with E-state index in [9.17, 15) is 9.59 Å². The Kier molecular flexibility index (Phi) is 8.86. The molecule has 0 N–H and O–H groups in total. The molecule has 1 amide bonds. The first-order valence-corrected chi connectivity index (χ1v) is 12.7. The highest BCUT2D eigenvalue weighted by atomic mass is 35.5. The van der Waals surface area contributed by atoms with Gasteiger partial charge in [0.1, 0.15) is 6.29 Å². The monoisotopic (exact) mass is 524 g/mol. The van der Waals surface area contributed by atoms with Gasteiger partial charge in [0, 0.05) is 54.6 Å². The van der Waals surface area contributed by atoms with Gasteiger partial charge in [-0.25, -0.2) is 5.01 Å². The van der Waals surface area contributed by atoms with Crippen LogP contribution in [0.4, 0.5) is 11.4 Å². The number of likely N-dealkylation sites (N-methyl/N-ethyl adjacent to an activating group) is 1. The molecule has 0 saturated carbocycles. The molecular weight excluding hydrogens is 495 g/mol. The van der Waals surface area contributed by atoms with Crippen LogP contribution < -0.4 is 9.80 Å². The molecule has 36 heavy (non-hydrogen) atoms. The van der Waals surface area contributed by atoms with Crippen LogP contribution in [0, 0.1) is 0 Å². The summed E-state index contributed by atoms with van der Waals surface area (Å²) in [6.07, 6.45) is 1.45. The Balaban J connectivity index is 1.45. The van der Waals surface area contributed by atoms with E-state index < -0.39 is 0 Å². The van der Waals surface area contributed by atoms with E-state index >= 15 is 0 Å². The smallest absolute Gasteiger partial charge is 0.256 e. The first-order chi connectivity index (χ1) is 17.4. The fourth-order valence-corrected chi connectivity index (χ4v) is 4.75. The average molecular weight is 525 g/mol. The molecule has 0 aromatic heterocycles. The fraction of sp³-hybridized carbons (Fsp3) is 0.286. The minimum Gasteiger partial charge on any atom is -0.369 e. The van der Waals surface area contributed by atoms with Crippen molar-refractivity contribution in [2.45, 2.75) is 6.42 Å². The van der Waals surface area contributed by atoms with E-state index in [0.717, 1.165) is 49.3 Å². The third-order valence-electron chi connectivity index (χ3n) is 6.48. The van der Waals surface area contributed by atoms with Gasteiger partial charge in [0.05, 0.1) is 13.1 Å². The molecule has 188 valence electrons. The zero-order chi connectivity index (χ0) is 25.5. The molecule has 0 spiro atoms. The molecule has 8 heteroatoms. The number of hydrogen-bond donors (Lipinski definition) is 0. The van der Waals surface area contributed by atoms with Gasteiger partial charge in [0.15, 0.2) is 0 Å². The lowest BCUT2D eigenvalue weighted by Gasteiger charge is -2.41. The second kappa shape index (κ2) is 12.3. The average Bonchev–Trinajstić information content (AvgIpc) is 2.91. The number of para-hydroxylation sites is 1. The summed E-state index contributed by atoms with van der Waals surface area (Å²) in [6.45, 7) is 3.31. The summed E-state index contributed by atoms with van der Waals surface area (Å²) in [5.41, 5.74) is 4.03. The predicted octanol–water partition coefficient (Wildman–Crippen LogP) is 4.79. The first kappa shape index (κ1) is 26.0. The lowest BCUT2D eigenvalue weighted by molar-refractivity contribution is -0.144. The van der Waals surface area contributed by atoms with Gasteiger partial charge in [0.2, 0.25) is 0 Å². The van der Waals surface area contributed by atoms with Crippen molar-refractivity contribution in [3.05, 3.63) is 94.0 Å².